The summed E-state index contributed by atoms with van der Waals surface area (Å²) in [4.78, 5) is 21.3. The Morgan fingerprint density at radius 1 is 1.13 bits per heavy atom. The molecule has 30 heavy (non-hydrogen) atoms. The summed E-state index contributed by atoms with van der Waals surface area (Å²) in [5.74, 6) is 1.30. The fraction of sp³-hybridized carbons (Fsp3) is 0.350. The van der Waals surface area contributed by atoms with Gasteiger partial charge in [-0.2, -0.15) is 10.1 Å². The highest BCUT2D eigenvalue weighted by Gasteiger charge is 2.46. The first kappa shape index (κ1) is 18.3. The van der Waals surface area contributed by atoms with Gasteiger partial charge >= 0.3 is 0 Å². The van der Waals surface area contributed by atoms with E-state index < -0.39 is 0 Å². The van der Waals surface area contributed by atoms with E-state index >= 15 is 0 Å². The molecular formula is C20H23N9O. The first-order valence-electron chi connectivity index (χ1n) is 9.87. The molecule has 0 unspecified atom stereocenters. The van der Waals surface area contributed by atoms with Gasteiger partial charge in [0.25, 0.3) is 0 Å². The van der Waals surface area contributed by atoms with Gasteiger partial charge in [-0.3, -0.25) is 4.79 Å². The van der Waals surface area contributed by atoms with Crippen molar-refractivity contribution in [2.24, 2.45) is 5.41 Å². The number of anilines is 2. The quantitative estimate of drug-likeness (QED) is 0.464. The summed E-state index contributed by atoms with van der Waals surface area (Å²) in [6.45, 7) is 1.98. The molecule has 1 aliphatic rings. The highest BCUT2D eigenvalue weighted by atomic mass is 16.2. The molecule has 3 N–H and O–H groups in total. The molecule has 0 saturated heterocycles. The molecule has 4 aromatic heterocycles. The number of aromatic nitrogens is 6. The smallest absolute Gasteiger partial charge is 0.243 e. The molecule has 1 saturated carbocycles. The second-order valence-electron chi connectivity index (χ2n) is 7.89. The third-order valence-electron chi connectivity index (χ3n) is 5.78. The predicted octanol–water partition coefficient (Wildman–Crippen LogP) is 1.81. The first-order chi connectivity index (χ1) is 14.5. The summed E-state index contributed by atoms with van der Waals surface area (Å²) in [7, 11) is 3.51. The lowest BCUT2D eigenvalue weighted by Gasteiger charge is -2.43. The van der Waals surface area contributed by atoms with Crippen LogP contribution in [0.1, 0.15) is 19.8 Å². The number of rotatable bonds is 5. The zero-order valence-electron chi connectivity index (χ0n) is 17.0. The van der Waals surface area contributed by atoms with Gasteiger partial charge in [-0.1, -0.05) is 6.92 Å². The van der Waals surface area contributed by atoms with Gasteiger partial charge in [-0.15, -0.1) is 5.10 Å². The van der Waals surface area contributed by atoms with Crippen LogP contribution < -0.4 is 16.0 Å². The van der Waals surface area contributed by atoms with Crippen LogP contribution in [0, 0.1) is 5.41 Å². The second kappa shape index (κ2) is 6.68. The van der Waals surface area contributed by atoms with E-state index in [9.17, 15) is 4.79 Å². The topological polar surface area (TPSA) is 114 Å². The molecule has 0 bridgehead atoms. The van der Waals surface area contributed by atoms with E-state index in [1.54, 1.807) is 22.3 Å². The second-order valence-corrected chi connectivity index (χ2v) is 7.89. The Labute approximate surface area is 172 Å². The van der Waals surface area contributed by atoms with Gasteiger partial charge < -0.3 is 16.0 Å². The third-order valence-corrected chi connectivity index (χ3v) is 5.78. The lowest BCUT2D eigenvalue weighted by molar-refractivity contribution is -0.134. The van der Waals surface area contributed by atoms with Gasteiger partial charge in [-0.05, 0) is 25.0 Å². The van der Waals surface area contributed by atoms with Crippen LogP contribution in [0.5, 0.6) is 0 Å². The van der Waals surface area contributed by atoms with E-state index in [0.717, 1.165) is 35.3 Å². The van der Waals surface area contributed by atoms with E-state index in [0.29, 0.717) is 11.8 Å². The normalized spacial score (nSPS) is 20.8. The molecule has 1 amide bonds. The van der Waals surface area contributed by atoms with Crippen LogP contribution in [-0.2, 0) is 4.79 Å². The lowest BCUT2D eigenvalue weighted by atomic mass is 9.66. The summed E-state index contributed by atoms with van der Waals surface area (Å²) in [5.41, 5.74) is 3.06. The van der Waals surface area contributed by atoms with Crippen molar-refractivity contribution >= 4 is 28.8 Å². The Kier molecular flexibility index (Phi) is 4.09. The number of hydrogen-bond acceptors (Lipinski definition) is 7. The van der Waals surface area contributed by atoms with Crippen molar-refractivity contribution in [1.29, 1.82) is 0 Å². The summed E-state index contributed by atoms with van der Waals surface area (Å²) in [6, 6.07) is 5.94. The molecule has 1 aliphatic carbocycles. The van der Waals surface area contributed by atoms with Gasteiger partial charge in [0.1, 0.15) is 5.52 Å². The van der Waals surface area contributed by atoms with Gasteiger partial charge in [0, 0.05) is 44.2 Å². The molecule has 0 atom stereocenters. The molecule has 1 fully saturated rings. The standard InChI is InChI=1S/C20H23N9O/c1-20(18(30)22-3)10-12(11-20)24-19-26-17(21-2)16-13(5-8-29(16)27-19)14-6-9-28-15(25-14)4-7-23-28/h4-9,12H,10-11H2,1-3H3,(H,22,30)(H2,21,24,26,27). The zero-order chi connectivity index (χ0) is 20.9. The SMILES string of the molecule is CNC(=O)C1(C)CC(Nc2nc(NC)c3c(-c4ccn5nccc5n4)ccn3n2)C1. The fourth-order valence-electron chi connectivity index (χ4n) is 4.23. The lowest BCUT2D eigenvalue weighted by Crippen LogP contribution is -2.51. The maximum absolute atomic E-state index is 12.0. The van der Waals surface area contributed by atoms with Crippen molar-refractivity contribution in [2.75, 3.05) is 24.7 Å². The van der Waals surface area contributed by atoms with Crippen LogP contribution in [-0.4, -0.2) is 55.2 Å². The van der Waals surface area contributed by atoms with Crippen molar-refractivity contribution in [3.05, 3.63) is 36.8 Å². The molecule has 0 spiro atoms. The number of fused-ring (bicyclic) bond motifs is 2. The number of amides is 1. The van der Waals surface area contributed by atoms with Gasteiger partial charge in [0.15, 0.2) is 11.5 Å². The van der Waals surface area contributed by atoms with Crippen LogP contribution in [0.3, 0.4) is 0 Å². The van der Waals surface area contributed by atoms with Gasteiger partial charge in [0.05, 0.1) is 17.3 Å². The molecule has 4 heterocycles. The molecule has 0 radical (unpaired) electrons. The summed E-state index contributed by atoms with van der Waals surface area (Å²) < 4.78 is 3.53. The summed E-state index contributed by atoms with van der Waals surface area (Å²) in [6.07, 6.45) is 7.00. The van der Waals surface area contributed by atoms with E-state index in [1.807, 2.05) is 44.6 Å². The molecule has 0 aromatic carbocycles. The fourth-order valence-corrected chi connectivity index (χ4v) is 4.23. The number of nitrogens with zero attached hydrogens (tertiary/aromatic N) is 6. The molecule has 154 valence electrons. The van der Waals surface area contributed by atoms with E-state index in [-0.39, 0.29) is 17.4 Å². The highest BCUT2D eigenvalue weighted by Crippen LogP contribution is 2.42. The van der Waals surface area contributed by atoms with Gasteiger partial charge in [-0.25, -0.2) is 14.0 Å². The predicted molar refractivity (Wildman–Crippen MR) is 113 cm³/mol. The summed E-state index contributed by atoms with van der Waals surface area (Å²) >= 11 is 0. The van der Waals surface area contributed by atoms with E-state index in [4.69, 9.17) is 0 Å². The average Bonchev–Trinajstić information content (AvgIpc) is 3.37. The highest BCUT2D eigenvalue weighted by molar-refractivity contribution is 5.88. The molecule has 10 heteroatoms. The number of carbonyl (C=O) groups is 1. The van der Waals surface area contributed by atoms with Crippen molar-refractivity contribution in [3.63, 3.8) is 0 Å². The maximum atomic E-state index is 12.0. The van der Waals surface area contributed by atoms with Crippen molar-refractivity contribution < 1.29 is 4.79 Å². The molecular weight excluding hydrogens is 382 g/mol. The minimum absolute atomic E-state index is 0.0746. The van der Waals surface area contributed by atoms with E-state index in [2.05, 4.69) is 36.1 Å². The molecule has 0 aliphatic heterocycles. The van der Waals surface area contributed by atoms with Crippen molar-refractivity contribution in [2.45, 2.75) is 25.8 Å². The molecule has 5 rings (SSSR count). The molecule has 4 aromatic rings. The largest absolute Gasteiger partial charge is 0.371 e. The Hall–Kier alpha value is -3.69. The van der Waals surface area contributed by atoms with E-state index in [1.165, 1.54) is 0 Å². The van der Waals surface area contributed by atoms with Crippen molar-refractivity contribution in [3.8, 4) is 11.3 Å². The average molecular weight is 405 g/mol. The third kappa shape index (κ3) is 2.83. The van der Waals surface area contributed by atoms with Crippen molar-refractivity contribution in [1.82, 2.24) is 34.5 Å². The van der Waals surface area contributed by atoms with Crippen LogP contribution in [0.15, 0.2) is 36.8 Å². The minimum Gasteiger partial charge on any atom is -0.371 e. The Bertz CT molecular complexity index is 1250. The Morgan fingerprint density at radius 3 is 2.70 bits per heavy atom. The number of carbonyl (C=O) groups excluding carboxylic acids is 1. The Morgan fingerprint density at radius 2 is 1.93 bits per heavy atom. The zero-order valence-corrected chi connectivity index (χ0v) is 17.0. The van der Waals surface area contributed by atoms with Crippen LogP contribution in [0.2, 0.25) is 0 Å². The first-order valence-corrected chi connectivity index (χ1v) is 9.87. The maximum Gasteiger partial charge on any atom is 0.243 e. The molecule has 10 nitrogen and oxygen atoms in total. The van der Waals surface area contributed by atoms with Crippen LogP contribution in [0.25, 0.3) is 22.4 Å². The van der Waals surface area contributed by atoms with Gasteiger partial charge in [0.2, 0.25) is 11.9 Å². The number of nitrogens with one attached hydrogen (secondary N) is 3. The number of hydrogen-bond donors (Lipinski definition) is 3. The monoisotopic (exact) mass is 405 g/mol. The summed E-state index contributed by atoms with van der Waals surface area (Å²) in [5, 5.41) is 18.1. The van der Waals surface area contributed by atoms with Crippen LogP contribution >= 0.6 is 0 Å². The minimum atomic E-state index is -0.332. The van der Waals surface area contributed by atoms with Crippen LogP contribution in [0.4, 0.5) is 11.8 Å². The Balaban J connectivity index is 1.45.